The highest BCUT2D eigenvalue weighted by molar-refractivity contribution is 7.80. The monoisotopic (exact) mass is 496 g/mol. The molecule has 1 aromatic heterocycles. The van der Waals surface area contributed by atoms with E-state index in [2.05, 4.69) is 15.5 Å². The highest BCUT2D eigenvalue weighted by Crippen LogP contribution is 2.40. The Labute approximate surface area is 207 Å². The Balaban J connectivity index is 1.58. The van der Waals surface area contributed by atoms with Crippen LogP contribution in [0.15, 0.2) is 52.7 Å². The molecule has 0 amide bonds. The molecule has 8 nitrogen and oxygen atoms in total. The number of phenols is 1. The minimum atomic E-state index is -0.471. The van der Waals surface area contributed by atoms with E-state index in [-0.39, 0.29) is 29.4 Å². The van der Waals surface area contributed by atoms with Gasteiger partial charge in [0.1, 0.15) is 5.82 Å². The average Bonchev–Trinajstić information content (AvgIpc) is 3.54. The summed E-state index contributed by atoms with van der Waals surface area (Å²) < 4.78 is 30.5. The fraction of sp³-hybridized carbons (Fsp3) is 0.320. The maximum Gasteiger partial charge on any atom is 0.258 e. The second-order valence-corrected chi connectivity index (χ2v) is 8.88. The van der Waals surface area contributed by atoms with Crippen LogP contribution in [0.4, 0.5) is 4.39 Å². The highest BCUT2D eigenvalue weighted by Gasteiger charge is 2.35. The van der Waals surface area contributed by atoms with Gasteiger partial charge in [0.25, 0.3) is 5.89 Å². The Morgan fingerprint density at radius 2 is 2.14 bits per heavy atom. The van der Waals surface area contributed by atoms with Crippen LogP contribution in [-0.2, 0) is 4.74 Å². The molecule has 2 unspecified atom stereocenters. The summed E-state index contributed by atoms with van der Waals surface area (Å²) >= 11 is 5.73. The Kier molecular flexibility index (Phi) is 6.40. The largest absolute Gasteiger partial charge is 0.504 e. The van der Waals surface area contributed by atoms with Crippen LogP contribution in [0.1, 0.15) is 37.3 Å². The molecule has 0 bridgehead atoms. The number of thiocarbonyl (C=S) groups is 1. The molecule has 10 heteroatoms. The number of benzene rings is 2. The van der Waals surface area contributed by atoms with Gasteiger partial charge in [-0.05, 0) is 61.8 Å². The van der Waals surface area contributed by atoms with Crippen molar-refractivity contribution in [1.29, 1.82) is 0 Å². The first-order chi connectivity index (χ1) is 16.9. The van der Waals surface area contributed by atoms with Crippen molar-refractivity contribution in [2.75, 3.05) is 20.3 Å². The summed E-state index contributed by atoms with van der Waals surface area (Å²) in [5.41, 5.74) is 2.78. The van der Waals surface area contributed by atoms with E-state index in [1.54, 1.807) is 24.3 Å². The van der Waals surface area contributed by atoms with Crippen molar-refractivity contribution < 1.29 is 23.5 Å². The molecule has 1 fully saturated rings. The number of allylic oxidation sites excluding steroid dienone is 1. The van der Waals surface area contributed by atoms with Gasteiger partial charge in [-0.3, -0.25) is 0 Å². The summed E-state index contributed by atoms with van der Waals surface area (Å²) in [6.07, 6.45) is 2.04. The van der Waals surface area contributed by atoms with Crippen LogP contribution in [0.5, 0.6) is 11.5 Å². The molecule has 0 saturated carbocycles. The van der Waals surface area contributed by atoms with Gasteiger partial charge in [-0.25, -0.2) is 4.39 Å². The number of nitrogens with zero attached hydrogens (tertiary/aromatic N) is 3. The molecule has 5 rings (SSSR count). The minimum Gasteiger partial charge on any atom is -0.504 e. The Morgan fingerprint density at radius 3 is 2.86 bits per heavy atom. The van der Waals surface area contributed by atoms with Gasteiger partial charge in [0.2, 0.25) is 5.82 Å². The number of aromatic nitrogens is 2. The fourth-order valence-corrected chi connectivity index (χ4v) is 4.81. The van der Waals surface area contributed by atoms with E-state index in [1.165, 1.54) is 19.2 Å². The summed E-state index contributed by atoms with van der Waals surface area (Å²) in [4.78, 5) is 6.57. The van der Waals surface area contributed by atoms with Gasteiger partial charge in [-0.2, -0.15) is 4.98 Å². The van der Waals surface area contributed by atoms with Crippen LogP contribution < -0.4 is 10.1 Å². The lowest BCUT2D eigenvalue weighted by Crippen LogP contribution is -2.48. The number of nitrogens with one attached hydrogen (secondary N) is 1. The summed E-state index contributed by atoms with van der Waals surface area (Å²) in [7, 11) is 1.49. The number of methoxy groups -OCH3 is 1. The first-order valence-corrected chi connectivity index (χ1v) is 11.7. The Bertz CT molecular complexity index is 1290. The maximum atomic E-state index is 13.8. The van der Waals surface area contributed by atoms with Crippen molar-refractivity contribution in [3.8, 4) is 22.9 Å². The van der Waals surface area contributed by atoms with Crippen LogP contribution in [-0.4, -0.2) is 51.6 Å². The van der Waals surface area contributed by atoms with Crippen LogP contribution >= 0.6 is 12.2 Å². The second-order valence-electron chi connectivity index (χ2n) is 8.49. The van der Waals surface area contributed by atoms with Crippen molar-refractivity contribution in [3.63, 3.8) is 0 Å². The number of aromatic hydroxyl groups is 1. The zero-order valence-electron chi connectivity index (χ0n) is 19.3. The molecule has 0 radical (unpaired) electrons. The lowest BCUT2D eigenvalue weighted by Gasteiger charge is -2.38. The minimum absolute atomic E-state index is 0.00230. The van der Waals surface area contributed by atoms with Gasteiger partial charge in [0.05, 0.1) is 31.4 Å². The maximum absolute atomic E-state index is 13.8. The second kappa shape index (κ2) is 9.63. The zero-order valence-corrected chi connectivity index (χ0v) is 20.1. The summed E-state index contributed by atoms with van der Waals surface area (Å²) in [6, 6.07) is 10.7. The predicted molar refractivity (Wildman–Crippen MR) is 131 cm³/mol. The van der Waals surface area contributed by atoms with Crippen molar-refractivity contribution in [1.82, 2.24) is 20.4 Å². The third-order valence-corrected chi connectivity index (χ3v) is 6.62. The third-order valence-electron chi connectivity index (χ3n) is 6.28. The molecule has 3 heterocycles. The average molecular weight is 497 g/mol. The van der Waals surface area contributed by atoms with Gasteiger partial charge < -0.3 is 29.3 Å². The summed E-state index contributed by atoms with van der Waals surface area (Å²) in [5, 5.41) is 18.4. The smallest absolute Gasteiger partial charge is 0.258 e. The Morgan fingerprint density at radius 1 is 1.29 bits per heavy atom. The molecule has 3 aromatic rings. The molecule has 2 aliphatic heterocycles. The van der Waals surface area contributed by atoms with Gasteiger partial charge in [-0.15, -0.1) is 0 Å². The molecule has 1 saturated heterocycles. The van der Waals surface area contributed by atoms with Crippen molar-refractivity contribution in [2.45, 2.75) is 31.9 Å². The predicted octanol–water partition coefficient (Wildman–Crippen LogP) is 4.43. The van der Waals surface area contributed by atoms with Gasteiger partial charge in [-0.1, -0.05) is 23.4 Å². The molecule has 0 spiro atoms. The fourth-order valence-electron chi connectivity index (χ4n) is 4.48. The molecular formula is C25H25FN4O4S. The number of ether oxygens (including phenoxy) is 2. The zero-order chi connectivity index (χ0) is 24.5. The van der Waals surface area contributed by atoms with Crippen LogP contribution in [0, 0.1) is 5.82 Å². The van der Waals surface area contributed by atoms with Crippen molar-refractivity contribution in [2.24, 2.45) is 0 Å². The molecule has 2 aromatic carbocycles. The molecule has 2 N–H and O–H groups in total. The van der Waals surface area contributed by atoms with Crippen LogP contribution in [0.3, 0.4) is 0 Å². The van der Waals surface area contributed by atoms with Gasteiger partial charge >= 0.3 is 0 Å². The van der Waals surface area contributed by atoms with E-state index < -0.39 is 6.04 Å². The van der Waals surface area contributed by atoms with E-state index in [4.69, 9.17) is 26.2 Å². The SMILES string of the molecule is COc1ccc(C2NC(=S)N(CC3CCCO3)C(C)=C2c2nc(-c3cccc(F)c3)no2)cc1O. The van der Waals surface area contributed by atoms with E-state index in [0.717, 1.165) is 30.7 Å². The lowest BCUT2D eigenvalue weighted by molar-refractivity contribution is 0.0962. The molecule has 2 aliphatic rings. The normalized spacial score (nSPS) is 20.3. The number of hydrogen-bond donors (Lipinski definition) is 2. The number of hydrogen-bond acceptors (Lipinski definition) is 7. The standard InChI is InChI=1S/C25H25FN4O4S/c1-14-21(24-28-23(29-34-24)16-5-3-6-17(26)11-16)22(15-8-9-20(32-2)19(31)12-15)27-25(35)30(14)13-18-7-4-10-33-18/h3,5-6,8-9,11-12,18,22,31H,4,7,10,13H2,1-2H3,(H,27,35). The van der Waals surface area contributed by atoms with Crippen LogP contribution in [0.2, 0.25) is 0 Å². The quantitative estimate of drug-likeness (QED) is 0.481. The summed E-state index contributed by atoms with van der Waals surface area (Å²) in [6.45, 7) is 3.27. The first kappa shape index (κ1) is 23.3. The molecule has 0 aliphatic carbocycles. The van der Waals surface area contributed by atoms with Crippen molar-refractivity contribution >= 4 is 22.9 Å². The van der Waals surface area contributed by atoms with E-state index in [1.807, 2.05) is 17.9 Å². The van der Waals surface area contributed by atoms with Gasteiger partial charge in [0, 0.05) is 17.9 Å². The summed E-state index contributed by atoms with van der Waals surface area (Å²) in [5.74, 6) is 0.524. The van der Waals surface area contributed by atoms with Gasteiger partial charge in [0.15, 0.2) is 16.6 Å². The van der Waals surface area contributed by atoms with Crippen LogP contribution in [0.25, 0.3) is 17.0 Å². The highest BCUT2D eigenvalue weighted by atomic mass is 32.1. The number of phenolic OH excluding ortho intramolecular Hbond substituents is 1. The van der Waals surface area contributed by atoms with E-state index in [0.29, 0.717) is 28.5 Å². The molecular weight excluding hydrogens is 471 g/mol. The number of halogens is 1. The third kappa shape index (κ3) is 4.59. The molecule has 2 atom stereocenters. The number of rotatable bonds is 6. The first-order valence-electron chi connectivity index (χ1n) is 11.3. The molecule has 35 heavy (non-hydrogen) atoms. The molecule has 182 valence electrons. The lowest BCUT2D eigenvalue weighted by atomic mass is 9.94. The van der Waals surface area contributed by atoms with E-state index in [9.17, 15) is 9.50 Å². The topological polar surface area (TPSA) is 92.9 Å². The van der Waals surface area contributed by atoms with E-state index >= 15 is 0 Å². The van der Waals surface area contributed by atoms with Crippen molar-refractivity contribution in [3.05, 3.63) is 65.4 Å². The Hall–Kier alpha value is -3.50.